The van der Waals surface area contributed by atoms with Crippen molar-refractivity contribution in [3.8, 4) is 17.1 Å². The lowest BCUT2D eigenvalue weighted by molar-refractivity contribution is -0.117. The fraction of sp³-hybridized carbons (Fsp3) is 0.367. The fourth-order valence-corrected chi connectivity index (χ4v) is 5.33. The number of carbonyl (C=O) groups is 2. The smallest absolute Gasteiger partial charge is 0.408 e. The third-order valence-electron chi connectivity index (χ3n) is 7.36. The molecule has 0 radical (unpaired) electrons. The second-order valence-electron chi connectivity index (χ2n) is 11.3. The Morgan fingerprint density at radius 3 is 2.36 bits per heavy atom. The summed E-state index contributed by atoms with van der Waals surface area (Å²) in [4.78, 5) is 40.8. The lowest BCUT2D eigenvalue weighted by Crippen LogP contribution is -2.52. The number of ether oxygens (including phenoxy) is 1. The van der Waals surface area contributed by atoms with Crippen LogP contribution in [0.1, 0.15) is 58.4 Å². The fourth-order valence-electron chi connectivity index (χ4n) is 5.33. The van der Waals surface area contributed by atoms with Gasteiger partial charge >= 0.3 is 6.09 Å². The summed E-state index contributed by atoms with van der Waals surface area (Å²) in [6, 6.07) is 18.1. The van der Waals surface area contributed by atoms with E-state index in [0.29, 0.717) is 30.1 Å². The first-order valence-corrected chi connectivity index (χ1v) is 13.5. The first-order valence-electron chi connectivity index (χ1n) is 13.5. The van der Waals surface area contributed by atoms with Crippen molar-refractivity contribution in [2.45, 2.75) is 64.0 Å². The molecule has 9 nitrogen and oxygen atoms in total. The molecule has 1 aliphatic heterocycles. The number of amides is 2. The maximum atomic E-state index is 12.6. The average Bonchev–Trinajstić information content (AvgIpc) is 3.49. The molecule has 39 heavy (non-hydrogen) atoms. The molecule has 0 bridgehead atoms. The third-order valence-corrected chi connectivity index (χ3v) is 7.36. The van der Waals surface area contributed by atoms with E-state index in [0.717, 1.165) is 48.3 Å². The average molecular weight is 525 g/mol. The number of anilines is 1. The van der Waals surface area contributed by atoms with Gasteiger partial charge in [0.2, 0.25) is 11.9 Å². The highest BCUT2D eigenvalue weighted by atomic mass is 16.6. The van der Waals surface area contributed by atoms with Crippen LogP contribution in [0.5, 0.6) is 0 Å². The minimum atomic E-state index is -0.560. The quantitative estimate of drug-likeness (QED) is 0.369. The van der Waals surface area contributed by atoms with E-state index in [2.05, 4.69) is 22.4 Å². The number of benzene rings is 2. The monoisotopic (exact) mass is 524 g/mol. The SMILES string of the molecule is CC(C)(C)OC(=O)NC1(c2ccc(-n3c(-c4ccccc4)nc4cnc(N5CCCC5=O)nc43)cc2)CCC1. The van der Waals surface area contributed by atoms with Crippen LogP contribution in [0.25, 0.3) is 28.2 Å². The van der Waals surface area contributed by atoms with Crippen LogP contribution < -0.4 is 10.2 Å². The van der Waals surface area contributed by atoms with Gasteiger partial charge < -0.3 is 10.1 Å². The molecule has 4 aromatic rings. The summed E-state index contributed by atoms with van der Waals surface area (Å²) in [5.41, 5.74) is 3.14. The number of fused-ring (bicyclic) bond motifs is 1. The van der Waals surface area contributed by atoms with Crippen molar-refractivity contribution in [1.82, 2.24) is 24.8 Å². The lowest BCUT2D eigenvalue weighted by atomic mass is 9.72. The van der Waals surface area contributed by atoms with Gasteiger partial charge in [-0.1, -0.05) is 42.5 Å². The molecule has 1 N–H and O–H groups in total. The minimum absolute atomic E-state index is 0.0383. The second kappa shape index (κ2) is 9.48. The summed E-state index contributed by atoms with van der Waals surface area (Å²) < 4.78 is 7.55. The van der Waals surface area contributed by atoms with Crippen LogP contribution in [-0.2, 0) is 15.1 Å². The second-order valence-corrected chi connectivity index (χ2v) is 11.3. The van der Waals surface area contributed by atoms with Gasteiger partial charge in [-0.3, -0.25) is 14.3 Å². The molecule has 6 rings (SSSR count). The first kappa shape index (κ1) is 25.0. The maximum Gasteiger partial charge on any atom is 0.408 e. The van der Waals surface area contributed by atoms with Crippen molar-refractivity contribution in [3.63, 3.8) is 0 Å². The Balaban J connectivity index is 1.40. The van der Waals surface area contributed by atoms with Gasteiger partial charge in [0.25, 0.3) is 0 Å². The summed E-state index contributed by atoms with van der Waals surface area (Å²) in [7, 11) is 0. The molecule has 2 fully saturated rings. The van der Waals surface area contributed by atoms with Crippen LogP contribution in [0, 0.1) is 0 Å². The van der Waals surface area contributed by atoms with Crippen LogP contribution in [0.2, 0.25) is 0 Å². The molecule has 0 unspecified atom stereocenters. The Kier molecular flexibility index (Phi) is 6.09. The Morgan fingerprint density at radius 2 is 1.74 bits per heavy atom. The Morgan fingerprint density at radius 1 is 1.00 bits per heavy atom. The first-order chi connectivity index (χ1) is 18.7. The van der Waals surface area contributed by atoms with Crippen LogP contribution in [0.3, 0.4) is 0 Å². The standard InChI is InChI=1S/C30H32N6O3/c1-29(2,3)39-28(38)34-30(16-8-17-30)21-12-14-22(15-13-21)36-25(20-9-5-4-6-10-20)32-23-19-31-27(33-26(23)36)35-18-7-11-24(35)37/h4-6,9-10,12-15,19H,7-8,11,16-18H2,1-3H3,(H,34,38). The van der Waals surface area contributed by atoms with Crippen LogP contribution in [-0.4, -0.2) is 43.7 Å². The van der Waals surface area contributed by atoms with Gasteiger partial charge in [0.05, 0.1) is 11.7 Å². The van der Waals surface area contributed by atoms with E-state index in [1.165, 1.54) is 0 Å². The zero-order chi connectivity index (χ0) is 27.2. The van der Waals surface area contributed by atoms with E-state index in [1.807, 2.05) is 67.8 Å². The molecule has 1 aliphatic carbocycles. The highest BCUT2D eigenvalue weighted by Gasteiger charge is 2.41. The van der Waals surface area contributed by atoms with E-state index in [9.17, 15) is 9.59 Å². The van der Waals surface area contributed by atoms with E-state index >= 15 is 0 Å². The molecule has 2 aliphatic rings. The number of aromatic nitrogens is 4. The number of rotatable bonds is 5. The van der Waals surface area contributed by atoms with Crippen LogP contribution >= 0.6 is 0 Å². The van der Waals surface area contributed by atoms with E-state index in [1.54, 1.807) is 11.1 Å². The predicted octanol–water partition coefficient (Wildman–Crippen LogP) is 5.51. The molecular formula is C30H32N6O3. The Hall–Kier alpha value is -4.27. The summed E-state index contributed by atoms with van der Waals surface area (Å²) in [6.45, 7) is 6.21. The minimum Gasteiger partial charge on any atom is -0.444 e. The van der Waals surface area contributed by atoms with E-state index in [-0.39, 0.29) is 5.91 Å². The topological polar surface area (TPSA) is 102 Å². The number of nitrogens with one attached hydrogen (secondary N) is 1. The molecule has 0 atom stereocenters. The van der Waals surface area contributed by atoms with Gasteiger partial charge in [-0.25, -0.2) is 14.8 Å². The maximum absolute atomic E-state index is 12.6. The Bertz CT molecular complexity index is 1530. The van der Waals surface area contributed by atoms with E-state index in [4.69, 9.17) is 14.7 Å². The van der Waals surface area contributed by atoms with Crippen molar-refractivity contribution in [1.29, 1.82) is 0 Å². The molecule has 2 amide bonds. The lowest BCUT2D eigenvalue weighted by Gasteiger charge is -2.43. The van der Waals surface area contributed by atoms with Crippen LogP contribution in [0.4, 0.5) is 10.7 Å². The number of alkyl carbamates (subject to hydrolysis) is 1. The molecule has 3 heterocycles. The van der Waals surface area contributed by atoms with Gasteiger partial charge in [0.15, 0.2) is 5.65 Å². The highest BCUT2D eigenvalue weighted by molar-refractivity contribution is 5.94. The normalized spacial score (nSPS) is 16.8. The predicted molar refractivity (Wildman–Crippen MR) is 149 cm³/mol. The Labute approximate surface area is 227 Å². The number of nitrogens with zero attached hydrogens (tertiary/aromatic N) is 5. The summed E-state index contributed by atoms with van der Waals surface area (Å²) in [5.74, 6) is 1.18. The third kappa shape index (κ3) is 4.73. The van der Waals surface area contributed by atoms with Crippen molar-refractivity contribution in [2.24, 2.45) is 0 Å². The van der Waals surface area contributed by atoms with Crippen molar-refractivity contribution in [2.75, 3.05) is 11.4 Å². The number of hydrogen-bond acceptors (Lipinski definition) is 6. The molecule has 2 aromatic carbocycles. The zero-order valence-corrected chi connectivity index (χ0v) is 22.5. The number of imidazole rings is 1. The van der Waals surface area contributed by atoms with Gasteiger partial charge in [-0.05, 0) is 64.2 Å². The van der Waals surface area contributed by atoms with Gasteiger partial charge in [0.1, 0.15) is 16.9 Å². The van der Waals surface area contributed by atoms with Gasteiger partial charge in [0, 0.05) is 24.2 Å². The largest absolute Gasteiger partial charge is 0.444 e. The van der Waals surface area contributed by atoms with Crippen LogP contribution in [0.15, 0.2) is 60.8 Å². The molecule has 9 heteroatoms. The van der Waals surface area contributed by atoms with Gasteiger partial charge in [-0.15, -0.1) is 0 Å². The molecule has 1 saturated heterocycles. The van der Waals surface area contributed by atoms with Crippen molar-refractivity contribution < 1.29 is 14.3 Å². The number of hydrogen-bond donors (Lipinski definition) is 1. The molecule has 1 saturated carbocycles. The molecular weight excluding hydrogens is 492 g/mol. The zero-order valence-electron chi connectivity index (χ0n) is 22.5. The van der Waals surface area contributed by atoms with Gasteiger partial charge in [-0.2, -0.15) is 4.98 Å². The molecule has 0 spiro atoms. The van der Waals surface area contributed by atoms with Crippen molar-refractivity contribution >= 4 is 29.1 Å². The highest BCUT2D eigenvalue weighted by Crippen LogP contribution is 2.42. The summed E-state index contributed by atoms with van der Waals surface area (Å²) in [6.07, 6.45) is 5.35. The molecule has 2 aromatic heterocycles. The summed E-state index contributed by atoms with van der Waals surface area (Å²) in [5, 5.41) is 3.13. The summed E-state index contributed by atoms with van der Waals surface area (Å²) >= 11 is 0. The number of carbonyl (C=O) groups excluding carboxylic acids is 2. The molecule has 200 valence electrons. The van der Waals surface area contributed by atoms with Crippen molar-refractivity contribution in [3.05, 3.63) is 66.4 Å². The van der Waals surface area contributed by atoms with E-state index < -0.39 is 17.2 Å².